The number of rotatable bonds is 13. The highest BCUT2D eigenvalue weighted by Gasteiger charge is 2.45. The van der Waals surface area contributed by atoms with Crippen LogP contribution < -0.4 is 5.30 Å². The van der Waals surface area contributed by atoms with Crippen LogP contribution in [0.2, 0.25) is 0 Å². The Morgan fingerprint density at radius 1 is 0.400 bits per heavy atom. The molecule has 332 valence electrons. The Kier molecular flexibility index (Phi) is 15.0. The van der Waals surface area contributed by atoms with Crippen molar-refractivity contribution in [1.82, 2.24) is 0 Å². The van der Waals surface area contributed by atoms with Gasteiger partial charge in [0.1, 0.15) is 5.78 Å². The number of halogens is 2. The normalized spacial score (nSPS) is 17.6. The maximum atomic E-state index is 14.6. The number of Topliss-reactive ketones (excluding diaryl/α,β-unsaturated/α-hetero) is 1. The van der Waals surface area contributed by atoms with Crippen LogP contribution in [0.3, 0.4) is 0 Å². The number of hydrogen-bond acceptors (Lipinski definition) is 1. The molecule has 0 saturated carbocycles. The maximum absolute atomic E-state index is 14.6. The van der Waals surface area contributed by atoms with Crippen molar-refractivity contribution in [3.05, 3.63) is 239 Å². The SMILES string of the molecule is CC(C)c1cccc(C(C)C)c1C(c1ccccc1)c1cccc(C(c2ccccc2)c2c(C(C)C)cccc2C(C)C)c1P1C(c2ccccc2Br)CC(=O)CC1c1ccccc1Br. The average Bonchev–Trinajstić information content (AvgIpc) is 3.30. The largest absolute Gasteiger partial charge is 0.300 e. The molecule has 4 unspecified atom stereocenters. The van der Waals surface area contributed by atoms with E-state index in [9.17, 15) is 4.79 Å². The fourth-order valence-electron chi connectivity index (χ4n) is 10.8. The molecule has 4 atom stereocenters. The molecule has 1 fully saturated rings. The molecule has 1 aliphatic heterocycles. The van der Waals surface area contributed by atoms with Crippen LogP contribution >= 0.6 is 39.8 Å². The van der Waals surface area contributed by atoms with Gasteiger partial charge in [-0.1, -0.05) is 247 Å². The molecule has 0 amide bonds. The lowest BCUT2D eigenvalue weighted by molar-refractivity contribution is -0.119. The van der Waals surface area contributed by atoms with Crippen LogP contribution in [-0.2, 0) is 4.79 Å². The van der Waals surface area contributed by atoms with E-state index in [-0.39, 0.29) is 23.2 Å². The van der Waals surface area contributed by atoms with Crippen LogP contribution in [0.25, 0.3) is 0 Å². The van der Waals surface area contributed by atoms with Gasteiger partial charge in [0.05, 0.1) is 0 Å². The van der Waals surface area contributed by atoms with Crippen LogP contribution in [0.15, 0.2) is 173 Å². The minimum atomic E-state index is -1.15. The van der Waals surface area contributed by atoms with Crippen molar-refractivity contribution in [2.75, 3.05) is 0 Å². The van der Waals surface area contributed by atoms with Gasteiger partial charge in [0.25, 0.3) is 0 Å². The van der Waals surface area contributed by atoms with Gasteiger partial charge in [-0.25, -0.2) is 0 Å². The number of ketones is 1. The number of benzene rings is 7. The number of carbonyl (C=O) groups excluding carboxylic acids is 1. The molecule has 0 radical (unpaired) electrons. The third-order valence-electron chi connectivity index (χ3n) is 13.7. The topological polar surface area (TPSA) is 17.1 Å². The molecule has 1 saturated heterocycles. The van der Waals surface area contributed by atoms with Crippen LogP contribution in [0.4, 0.5) is 0 Å². The summed E-state index contributed by atoms with van der Waals surface area (Å²) in [6.45, 7) is 18.8. The van der Waals surface area contributed by atoms with Crippen molar-refractivity contribution in [3.63, 3.8) is 0 Å². The van der Waals surface area contributed by atoms with E-state index in [0.717, 1.165) is 8.95 Å². The Bertz CT molecular complexity index is 2520. The maximum Gasteiger partial charge on any atom is 0.134 e. The summed E-state index contributed by atoms with van der Waals surface area (Å²) in [4.78, 5) is 14.6. The summed E-state index contributed by atoms with van der Waals surface area (Å²) >= 11 is 8.15. The van der Waals surface area contributed by atoms with E-state index >= 15 is 0 Å². The number of carbonyl (C=O) groups is 1. The highest BCUT2D eigenvalue weighted by Crippen LogP contribution is 2.69. The second-order valence-electron chi connectivity index (χ2n) is 19.2. The molecule has 1 heterocycles. The standard InChI is InChI=1S/C61H63Br2OP/c1-38(2)45-28-19-29-46(39(3)4)59(45)57(42-22-11-9-12-23-42)51-32-21-33-52(58(43-24-13-10-14-25-43)60-47(40(5)6)30-20-31-48(60)41(7)8)61(51)65-55(49-26-15-17-34-53(49)62)36-44(64)37-56(65)50-27-16-18-35-54(50)63/h9-35,38-41,55-58H,36-37H2,1-8H3. The van der Waals surface area contributed by atoms with Crippen LogP contribution in [0.5, 0.6) is 0 Å². The van der Waals surface area contributed by atoms with E-state index in [1.54, 1.807) is 0 Å². The van der Waals surface area contributed by atoms with Gasteiger partial charge in [-0.2, -0.15) is 0 Å². The number of hydrogen-bond donors (Lipinski definition) is 0. The molecule has 0 aliphatic carbocycles. The highest BCUT2D eigenvalue weighted by atomic mass is 79.9. The minimum Gasteiger partial charge on any atom is -0.300 e. The van der Waals surface area contributed by atoms with E-state index in [1.807, 2.05) is 0 Å². The molecule has 65 heavy (non-hydrogen) atoms. The van der Waals surface area contributed by atoms with Gasteiger partial charge in [0.2, 0.25) is 0 Å². The van der Waals surface area contributed by atoms with Gasteiger partial charge in [-0.15, -0.1) is 0 Å². The molecule has 7 aromatic rings. The Morgan fingerprint density at radius 3 is 1.03 bits per heavy atom. The smallest absolute Gasteiger partial charge is 0.134 e. The van der Waals surface area contributed by atoms with E-state index < -0.39 is 7.92 Å². The second-order valence-corrected chi connectivity index (χ2v) is 23.4. The Morgan fingerprint density at radius 2 is 0.708 bits per heavy atom. The molecule has 7 aromatic carbocycles. The summed E-state index contributed by atoms with van der Waals surface area (Å²) in [6, 6.07) is 61.4. The molecule has 4 heteroatoms. The van der Waals surface area contributed by atoms with E-state index in [2.05, 4.69) is 251 Å². The summed E-state index contributed by atoms with van der Waals surface area (Å²) < 4.78 is 2.13. The van der Waals surface area contributed by atoms with E-state index in [1.165, 1.54) is 72.1 Å². The molecule has 0 bridgehead atoms. The zero-order valence-corrected chi connectivity index (χ0v) is 43.3. The zero-order chi connectivity index (χ0) is 45.9. The first-order valence-corrected chi connectivity index (χ1v) is 26.7. The summed E-state index contributed by atoms with van der Waals surface area (Å²) in [6.07, 6.45) is 0.989. The van der Waals surface area contributed by atoms with Gasteiger partial charge >= 0.3 is 0 Å². The zero-order valence-electron chi connectivity index (χ0n) is 39.2. The van der Waals surface area contributed by atoms with Gasteiger partial charge in [-0.3, -0.25) is 4.79 Å². The third kappa shape index (κ3) is 9.59. The monoisotopic (exact) mass is 1000 g/mol. The molecule has 8 rings (SSSR count). The predicted octanol–water partition coefficient (Wildman–Crippen LogP) is 18.0. The molecule has 1 aliphatic rings. The minimum absolute atomic E-state index is 0.0403. The highest BCUT2D eigenvalue weighted by molar-refractivity contribution is 9.10. The molecular formula is C61H63Br2OP. The van der Waals surface area contributed by atoms with Gasteiger partial charge in [0, 0.05) is 44.9 Å². The third-order valence-corrected chi connectivity index (χ3v) is 18.4. The van der Waals surface area contributed by atoms with Crippen molar-refractivity contribution in [3.8, 4) is 0 Å². The lowest BCUT2D eigenvalue weighted by Gasteiger charge is -2.43. The van der Waals surface area contributed by atoms with Crippen molar-refractivity contribution in [2.24, 2.45) is 0 Å². The molecular weight excluding hydrogens is 939 g/mol. The van der Waals surface area contributed by atoms with Gasteiger partial charge < -0.3 is 0 Å². The van der Waals surface area contributed by atoms with E-state index in [4.69, 9.17) is 0 Å². The Labute approximate surface area is 407 Å². The molecule has 1 nitrogen and oxygen atoms in total. The summed E-state index contributed by atoms with van der Waals surface area (Å²) in [5.74, 6) is 1.43. The lowest BCUT2D eigenvalue weighted by atomic mass is 9.73. The van der Waals surface area contributed by atoms with Crippen LogP contribution in [0.1, 0.15) is 182 Å². The average molecular weight is 1000 g/mol. The molecule has 0 spiro atoms. The quantitative estimate of drug-likeness (QED) is 0.0831. The lowest BCUT2D eigenvalue weighted by Crippen LogP contribution is -2.31. The second kappa shape index (κ2) is 20.6. The Hall–Kier alpha value is -4.40. The van der Waals surface area contributed by atoms with Crippen molar-refractivity contribution in [1.29, 1.82) is 0 Å². The first-order chi connectivity index (χ1) is 31.4. The van der Waals surface area contributed by atoms with Crippen molar-refractivity contribution in [2.45, 2.75) is 115 Å². The first kappa shape index (κ1) is 47.1. The summed E-state index contributed by atoms with van der Waals surface area (Å²) in [7, 11) is -1.15. The van der Waals surface area contributed by atoms with Crippen molar-refractivity contribution < 1.29 is 4.79 Å². The van der Waals surface area contributed by atoms with Crippen LogP contribution in [0, 0.1) is 0 Å². The molecule has 0 aromatic heterocycles. The van der Waals surface area contributed by atoms with Gasteiger partial charge in [0.15, 0.2) is 0 Å². The van der Waals surface area contributed by atoms with Gasteiger partial charge in [-0.05, 0) is 108 Å². The summed E-state index contributed by atoms with van der Waals surface area (Å²) in [5.41, 5.74) is 16.1. The van der Waals surface area contributed by atoms with E-state index in [0.29, 0.717) is 42.3 Å². The predicted molar refractivity (Wildman–Crippen MR) is 285 cm³/mol. The van der Waals surface area contributed by atoms with Crippen LogP contribution in [-0.4, -0.2) is 5.78 Å². The summed E-state index contributed by atoms with van der Waals surface area (Å²) in [5, 5.41) is 1.43. The Balaban J connectivity index is 1.61. The first-order valence-electron chi connectivity index (χ1n) is 23.6. The van der Waals surface area contributed by atoms with Crippen molar-refractivity contribution >= 4 is 50.9 Å². The fourth-order valence-corrected chi connectivity index (χ4v) is 16.2. The fraction of sp³-hybridized carbons (Fsp3) is 0.295. The molecule has 0 N–H and O–H groups in total.